The molecular formula is C18H32N2O2. The van der Waals surface area contributed by atoms with Crippen molar-refractivity contribution in [3.05, 3.63) is 0 Å². The van der Waals surface area contributed by atoms with Crippen molar-refractivity contribution in [3.8, 4) is 0 Å². The summed E-state index contributed by atoms with van der Waals surface area (Å²) in [4.78, 5) is 16.9. The Morgan fingerprint density at radius 1 is 1.27 bits per heavy atom. The molecule has 4 atom stereocenters. The van der Waals surface area contributed by atoms with Gasteiger partial charge in [0.2, 0.25) is 0 Å². The smallest absolute Gasteiger partial charge is 0.306 e. The maximum Gasteiger partial charge on any atom is 0.306 e. The van der Waals surface area contributed by atoms with E-state index in [-0.39, 0.29) is 5.92 Å². The lowest BCUT2D eigenvalue weighted by Crippen LogP contribution is -2.57. The molecule has 4 fully saturated rings. The third kappa shape index (κ3) is 2.92. The summed E-state index contributed by atoms with van der Waals surface area (Å²) in [5.41, 5.74) is 0. The lowest BCUT2D eigenvalue weighted by atomic mass is 9.73. The van der Waals surface area contributed by atoms with Crippen LogP contribution in [0.5, 0.6) is 0 Å². The molecule has 0 spiro atoms. The second-order valence-corrected chi connectivity index (χ2v) is 8.12. The Kier molecular flexibility index (Phi) is 4.79. The summed E-state index contributed by atoms with van der Waals surface area (Å²) in [6.45, 7) is 11.4. The fraction of sp³-hybridized carbons (Fsp3) is 0.944. The second-order valence-electron chi connectivity index (χ2n) is 8.12. The first-order valence-corrected chi connectivity index (χ1v) is 9.22. The Hall–Kier alpha value is -0.610. The van der Waals surface area contributed by atoms with E-state index in [1.165, 1.54) is 32.5 Å². The molecule has 4 aliphatic heterocycles. The zero-order valence-corrected chi connectivity index (χ0v) is 14.4. The Labute approximate surface area is 134 Å². The minimum atomic E-state index is -0.605. The topological polar surface area (TPSA) is 43.8 Å². The molecule has 4 nitrogen and oxygen atoms in total. The quantitative estimate of drug-likeness (QED) is 0.819. The predicted molar refractivity (Wildman–Crippen MR) is 87.8 cm³/mol. The predicted octanol–water partition coefficient (Wildman–Crippen LogP) is 2.54. The van der Waals surface area contributed by atoms with Gasteiger partial charge >= 0.3 is 5.97 Å². The van der Waals surface area contributed by atoms with Gasteiger partial charge in [0.25, 0.3) is 0 Å². The first kappa shape index (κ1) is 16.3. The van der Waals surface area contributed by atoms with Crippen LogP contribution in [0.25, 0.3) is 0 Å². The van der Waals surface area contributed by atoms with Crippen LogP contribution in [0, 0.1) is 23.7 Å². The Morgan fingerprint density at radius 3 is 2.50 bits per heavy atom. The van der Waals surface area contributed by atoms with Crippen molar-refractivity contribution in [2.75, 3.05) is 26.2 Å². The number of likely N-dealkylation sites (tertiary alicyclic amines) is 1. The summed E-state index contributed by atoms with van der Waals surface area (Å²) >= 11 is 0. The number of piperidine rings is 3. The fourth-order valence-corrected chi connectivity index (χ4v) is 5.30. The van der Waals surface area contributed by atoms with E-state index < -0.39 is 5.97 Å². The van der Waals surface area contributed by atoms with Crippen LogP contribution >= 0.6 is 0 Å². The molecule has 4 heteroatoms. The first-order chi connectivity index (χ1) is 10.5. The van der Waals surface area contributed by atoms with Crippen molar-refractivity contribution in [3.63, 3.8) is 0 Å². The molecule has 4 unspecified atom stereocenters. The summed E-state index contributed by atoms with van der Waals surface area (Å²) in [6, 6.07) is 1.08. The zero-order valence-electron chi connectivity index (χ0n) is 14.4. The van der Waals surface area contributed by atoms with E-state index in [0.29, 0.717) is 18.0 Å². The summed E-state index contributed by atoms with van der Waals surface area (Å²) in [5.74, 6) is 1.55. The molecule has 0 saturated carbocycles. The van der Waals surface area contributed by atoms with Gasteiger partial charge in [-0.05, 0) is 56.5 Å². The fourth-order valence-electron chi connectivity index (χ4n) is 5.30. The normalized spacial score (nSPS) is 39.2. The number of aliphatic carboxylic acids is 1. The molecule has 4 heterocycles. The van der Waals surface area contributed by atoms with Crippen molar-refractivity contribution >= 4 is 5.97 Å². The van der Waals surface area contributed by atoms with Gasteiger partial charge in [0, 0.05) is 25.2 Å². The van der Waals surface area contributed by atoms with E-state index in [1.807, 2.05) is 6.92 Å². The summed E-state index contributed by atoms with van der Waals surface area (Å²) in [6.07, 6.45) is 4.31. The van der Waals surface area contributed by atoms with E-state index in [2.05, 4.69) is 23.6 Å². The molecule has 0 aromatic rings. The maximum absolute atomic E-state index is 11.5. The van der Waals surface area contributed by atoms with Crippen LogP contribution in [-0.2, 0) is 4.79 Å². The van der Waals surface area contributed by atoms with Crippen LogP contribution in [0.15, 0.2) is 0 Å². The molecule has 0 aromatic heterocycles. The monoisotopic (exact) mass is 308 g/mol. The van der Waals surface area contributed by atoms with Gasteiger partial charge in [0.15, 0.2) is 0 Å². The zero-order chi connectivity index (χ0) is 15.9. The molecule has 0 radical (unpaired) electrons. The van der Waals surface area contributed by atoms with Crippen molar-refractivity contribution in [1.29, 1.82) is 0 Å². The SMILES string of the molecule is CCC(CC1C2C(CN1CC(C)C)C1CCN2CC1)C(=O)O. The standard InChI is InChI=1S/C18H32N2O2/c1-4-13(18(21)22)9-16-17-15(11-20(16)10-12(2)3)14-5-7-19(17)8-6-14/h12-17H,4-11H2,1-3H3,(H,21,22). The van der Waals surface area contributed by atoms with E-state index in [1.54, 1.807) is 0 Å². The van der Waals surface area contributed by atoms with Gasteiger partial charge in [-0.15, -0.1) is 0 Å². The Morgan fingerprint density at radius 2 is 1.95 bits per heavy atom. The number of fused-ring (bicyclic) bond motifs is 2. The molecule has 0 amide bonds. The largest absolute Gasteiger partial charge is 0.481 e. The minimum Gasteiger partial charge on any atom is -0.481 e. The second kappa shape index (κ2) is 6.48. The molecule has 0 aliphatic carbocycles. The van der Waals surface area contributed by atoms with Crippen molar-refractivity contribution < 1.29 is 9.90 Å². The lowest BCUT2D eigenvalue weighted by molar-refractivity contribution is -0.142. The molecule has 1 N–H and O–H groups in total. The van der Waals surface area contributed by atoms with Crippen LogP contribution in [0.3, 0.4) is 0 Å². The molecule has 22 heavy (non-hydrogen) atoms. The molecule has 0 aromatic carbocycles. The highest BCUT2D eigenvalue weighted by molar-refractivity contribution is 5.69. The van der Waals surface area contributed by atoms with Gasteiger partial charge < -0.3 is 5.11 Å². The van der Waals surface area contributed by atoms with Crippen molar-refractivity contribution in [1.82, 2.24) is 9.80 Å². The first-order valence-electron chi connectivity index (χ1n) is 9.22. The third-order valence-corrected chi connectivity index (χ3v) is 6.32. The summed E-state index contributed by atoms with van der Waals surface area (Å²) in [5, 5.41) is 9.50. The van der Waals surface area contributed by atoms with Crippen LogP contribution in [-0.4, -0.2) is 59.1 Å². The lowest BCUT2D eigenvalue weighted by Gasteiger charge is -2.50. The molecular weight excluding hydrogens is 276 g/mol. The number of hydrogen-bond donors (Lipinski definition) is 1. The van der Waals surface area contributed by atoms with Crippen LogP contribution < -0.4 is 0 Å². The highest BCUT2D eigenvalue weighted by Crippen LogP contribution is 2.45. The van der Waals surface area contributed by atoms with E-state index in [9.17, 15) is 9.90 Å². The molecule has 2 bridgehead atoms. The van der Waals surface area contributed by atoms with Gasteiger partial charge in [0.1, 0.15) is 0 Å². The van der Waals surface area contributed by atoms with Crippen LogP contribution in [0.2, 0.25) is 0 Å². The van der Waals surface area contributed by atoms with Gasteiger partial charge in [0.05, 0.1) is 5.92 Å². The van der Waals surface area contributed by atoms with E-state index in [0.717, 1.165) is 31.2 Å². The highest BCUT2D eigenvalue weighted by atomic mass is 16.4. The van der Waals surface area contributed by atoms with E-state index >= 15 is 0 Å². The van der Waals surface area contributed by atoms with E-state index in [4.69, 9.17) is 0 Å². The summed E-state index contributed by atoms with van der Waals surface area (Å²) in [7, 11) is 0. The average Bonchev–Trinajstić information content (AvgIpc) is 2.84. The Balaban J connectivity index is 1.80. The maximum atomic E-state index is 11.5. The summed E-state index contributed by atoms with van der Waals surface area (Å²) < 4.78 is 0. The minimum absolute atomic E-state index is 0.180. The number of hydrogen-bond acceptors (Lipinski definition) is 3. The Bertz CT molecular complexity index is 404. The number of rotatable bonds is 6. The number of carboxylic acid groups (broad SMARTS) is 1. The number of carbonyl (C=O) groups is 1. The van der Waals surface area contributed by atoms with Gasteiger partial charge in [-0.2, -0.15) is 0 Å². The van der Waals surface area contributed by atoms with Gasteiger partial charge in [-0.1, -0.05) is 20.8 Å². The molecule has 126 valence electrons. The molecule has 4 aliphatic rings. The van der Waals surface area contributed by atoms with Gasteiger partial charge in [-0.25, -0.2) is 0 Å². The van der Waals surface area contributed by atoms with Crippen LogP contribution in [0.4, 0.5) is 0 Å². The molecule has 4 rings (SSSR count). The number of carboxylic acids is 1. The highest BCUT2D eigenvalue weighted by Gasteiger charge is 2.52. The third-order valence-electron chi connectivity index (χ3n) is 6.32. The van der Waals surface area contributed by atoms with Crippen molar-refractivity contribution in [2.24, 2.45) is 23.7 Å². The van der Waals surface area contributed by atoms with Crippen molar-refractivity contribution in [2.45, 2.75) is 58.5 Å². The van der Waals surface area contributed by atoms with Crippen LogP contribution in [0.1, 0.15) is 46.5 Å². The average molecular weight is 308 g/mol. The number of nitrogens with zero attached hydrogens (tertiary/aromatic N) is 2. The van der Waals surface area contributed by atoms with Gasteiger partial charge in [-0.3, -0.25) is 14.6 Å². The molecule has 4 saturated heterocycles.